The molecule has 0 amide bonds. The van der Waals surface area contributed by atoms with Crippen molar-refractivity contribution in [2.75, 3.05) is 32.1 Å². The summed E-state index contributed by atoms with van der Waals surface area (Å²) < 4.78 is 11.7. The van der Waals surface area contributed by atoms with E-state index in [-0.39, 0.29) is 12.4 Å². The zero-order valence-electron chi connectivity index (χ0n) is 12.1. The van der Waals surface area contributed by atoms with E-state index >= 15 is 0 Å². The third-order valence-corrected chi connectivity index (χ3v) is 5.67. The molecular weight excluding hydrogens is 262 g/mol. The van der Waals surface area contributed by atoms with Gasteiger partial charge in [0.15, 0.2) is 5.79 Å². The van der Waals surface area contributed by atoms with Gasteiger partial charge in [-0.3, -0.25) is 0 Å². The quantitative estimate of drug-likeness (QED) is 0.778. The van der Waals surface area contributed by atoms with Crippen LogP contribution in [0.25, 0.3) is 0 Å². The Hall–Kier alpha value is 0.190. The molecule has 0 bridgehead atoms. The lowest BCUT2D eigenvalue weighted by Crippen LogP contribution is -2.49. The van der Waals surface area contributed by atoms with Gasteiger partial charge in [0, 0.05) is 30.7 Å². The van der Waals surface area contributed by atoms with E-state index in [1.54, 1.807) is 0 Å². The third-order valence-electron chi connectivity index (χ3n) is 3.98. The Morgan fingerprint density at radius 1 is 1.42 bits per heavy atom. The Labute approximate surface area is 120 Å². The predicted molar refractivity (Wildman–Crippen MR) is 78.4 cm³/mol. The van der Waals surface area contributed by atoms with Crippen LogP contribution in [0, 0.1) is 5.92 Å². The lowest BCUT2D eigenvalue weighted by molar-refractivity contribution is -0.178. The van der Waals surface area contributed by atoms with Gasteiger partial charge in [-0.25, -0.2) is 0 Å². The van der Waals surface area contributed by atoms with Gasteiger partial charge in [0.2, 0.25) is 0 Å². The summed E-state index contributed by atoms with van der Waals surface area (Å²) in [5, 5.41) is 13.3. The van der Waals surface area contributed by atoms with E-state index in [1.807, 2.05) is 11.8 Å². The van der Waals surface area contributed by atoms with Crippen LogP contribution in [-0.4, -0.2) is 54.3 Å². The number of rotatable bonds is 6. The maximum absolute atomic E-state index is 9.16. The zero-order valence-corrected chi connectivity index (χ0v) is 12.9. The number of ether oxygens (including phenoxy) is 2. The normalized spacial score (nSPS) is 31.7. The summed E-state index contributed by atoms with van der Waals surface area (Å²) in [5.41, 5.74) is 0. The largest absolute Gasteiger partial charge is 0.396 e. The molecular formula is C14H27NO3S. The van der Waals surface area contributed by atoms with Crippen molar-refractivity contribution in [3.8, 4) is 0 Å². The molecule has 1 heterocycles. The minimum atomic E-state index is -0.313. The molecule has 0 aromatic rings. The molecule has 1 aliphatic carbocycles. The second-order valence-corrected chi connectivity index (χ2v) is 6.95. The summed E-state index contributed by atoms with van der Waals surface area (Å²) in [5.74, 6) is 1.04. The van der Waals surface area contributed by atoms with Gasteiger partial charge >= 0.3 is 0 Å². The Morgan fingerprint density at radius 2 is 2.16 bits per heavy atom. The van der Waals surface area contributed by atoms with Gasteiger partial charge in [-0.05, 0) is 24.6 Å². The van der Waals surface area contributed by atoms with E-state index < -0.39 is 0 Å². The van der Waals surface area contributed by atoms with Crippen molar-refractivity contribution >= 4 is 11.8 Å². The molecule has 0 aromatic carbocycles. The standard InChI is InChI=1S/C14H27NO3S/c1-3-15-12-4-5-14(17-6-7-18-14)8-13(12)19-10-11(2)9-16/h11-13,15-16H,3-10H2,1-2H3. The molecule has 1 saturated heterocycles. The lowest BCUT2D eigenvalue weighted by Gasteiger charge is -2.41. The molecule has 3 unspecified atom stereocenters. The zero-order chi connectivity index (χ0) is 13.7. The summed E-state index contributed by atoms with van der Waals surface area (Å²) >= 11 is 1.96. The van der Waals surface area contributed by atoms with Gasteiger partial charge in [-0.15, -0.1) is 0 Å². The van der Waals surface area contributed by atoms with Crippen molar-refractivity contribution < 1.29 is 14.6 Å². The Kier molecular flexibility index (Phi) is 5.96. The highest BCUT2D eigenvalue weighted by atomic mass is 32.2. The molecule has 0 radical (unpaired) electrons. The Morgan fingerprint density at radius 3 is 2.79 bits per heavy atom. The summed E-state index contributed by atoms with van der Waals surface area (Å²) in [4.78, 5) is 0. The molecule has 1 aliphatic heterocycles. The first-order valence-electron chi connectivity index (χ1n) is 7.43. The second kappa shape index (κ2) is 7.27. The SMILES string of the molecule is CCNC1CCC2(CC1SCC(C)CO)OCCO2. The molecule has 2 rings (SSSR count). The summed E-state index contributed by atoms with van der Waals surface area (Å²) in [6.07, 6.45) is 3.07. The van der Waals surface area contributed by atoms with E-state index in [9.17, 15) is 0 Å². The van der Waals surface area contributed by atoms with Crippen molar-refractivity contribution in [3.05, 3.63) is 0 Å². The fraction of sp³-hybridized carbons (Fsp3) is 1.00. The smallest absolute Gasteiger partial charge is 0.169 e. The molecule has 4 nitrogen and oxygen atoms in total. The van der Waals surface area contributed by atoms with Gasteiger partial charge < -0.3 is 19.9 Å². The Balaban J connectivity index is 1.92. The van der Waals surface area contributed by atoms with Crippen LogP contribution in [0.5, 0.6) is 0 Å². The fourth-order valence-electron chi connectivity index (χ4n) is 2.88. The van der Waals surface area contributed by atoms with Crippen molar-refractivity contribution in [1.82, 2.24) is 5.32 Å². The first-order valence-corrected chi connectivity index (χ1v) is 8.48. The van der Waals surface area contributed by atoms with Crippen LogP contribution in [0.2, 0.25) is 0 Å². The van der Waals surface area contributed by atoms with E-state index in [0.717, 1.165) is 44.8 Å². The van der Waals surface area contributed by atoms with Gasteiger partial charge in [-0.1, -0.05) is 13.8 Å². The average Bonchev–Trinajstić information content (AvgIpc) is 2.87. The van der Waals surface area contributed by atoms with Crippen LogP contribution in [0.1, 0.15) is 33.1 Å². The summed E-state index contributed by atoms with van der Waals surface area (Å²) in [6.45, 7) is 6.99. The molecule has 3 atom stereocenters. The monoisotopic (exact) mass is 289 g/mol. The van der Waals surface area contributed by atoms with Crippen molar-refractivity contribution in [1.29, 1.82) is 0 Å². The number of nitrogens with one attached hydrogen (secondary N) is 1. The Bertz CT molecular complexity index is 271. The van der Waals surface area contributed by atoms with Gasteiger partial charge in [0.05, 0.1) is 13.2 Å². The lowest BCUT2D eigenvalue weighted by atomic mass is 9.89. The maximum Gasteiger partial charge on any atom is 0.169 e. The molecule has 19 heavy (non-hydrogen) atoms. The van der Waals surface area contributed by atoms with E-state index in [2.05, 4.69) is 19.2 Å². The highest BCUT2D eigenvalue weighted by molar-refractivity contribution is 7.99. The first-order chi connectivity index (χ1) is 9.19. The molecule has 1 saturated carbocycles. The van der Waals surface area contributed by atoms with Crippen molar-refractivity contribution in [2.45, 2.75) is 50.2 Å². The van der Waals surface area contributed by atoms with Crippen LogP contribution >= 0.6 is 11.8 Å². The highest BCUT2D eigenvalue weighted by Gasteiger charge is 2.45. The topological polar surface area (TPSA) is 50.7 Å². The molecule has 2 aliphatic rings. The third kappa shape index (κ3) is 4.08. The number of aliphatic hydroxyl groups is 1. The van der Waals surface area contributed by atoms with E-state index in [4.69, 9.17) is 14.6 Å². The average molecular weight is 289 g/mol. The van der Waals surface area contributed by atoms with Crippen LogP contribution in [-0.2, 0) is 9.47 Å². The van der Waals surface area contributed by atoms with Gasteiger partial charge in [0.25, 0.3) is 0 Å². The highest BCUT2D eigenvalue weighted by Crippen LogP contribution is 2.40. The van der Waals surface area contributed by atoms with Gasteiger partial charge in [0.1, 0.15) is 0 Å². The summed E-state index contributed by atoms with van der Waals surface area (Å²) in [6, 6.07) is 0.541. The number of hydrogen-bond donors (Lipinski definition) is 2. The number of thioether (sulfide) groups is 1. The van der Waals surface area contributed by atoms with E-state index in [0.29, 0.717) is 17.2 Å². The van der Waals surface area contributed by atoms with E-state index in [1.165, 1.54) is 0 Å². The number of hydrogen-bond acceptors (Lipinski definition) is 5. The maximum atomic E-state index is 9.16. The molecule has 112 valence electrons. The minimum Gasteiger partial charge on any atom is -0.396 e. The molecule has 2 fully saturated rings. The predicted octanol–water partition coefficient (Wildman–Crippen LogP) is 1.62. The van der Waals surface area contributed by atoms with Crippen LogP contribution in [0.4, 0.5) is 0 Å². The fourth-order valence-corrected chi connectivity index (χ4v) is 4.40. The second-order valence-electron chi connectivity index (χ2n) is 5.67. The molecule has 0 aromatic heterocycles. The van der Waals surface area contributed by atoms with Gasteiger partial charge in [-0.2, -0.15) is 11.8 Å². The van der Waals surface area contributed by atoms with Crippen molar-refractivity contribution in [3.63, 3.8) is 0 Å². The molecule has 2 N–H and O–H groups in total. The van der Waals surface area contributed by atoms with Crippen LogP contribution < -0.4 is 5.32 Å². The summed E-state index contributed by atoms with van der Waals surface area (Å²) in [7, 11) is 0. The minimum absolute atomic E-state index is 0.268. The molecule has 5 heteroatoms. The van der Waals surface area contributed by atoms with Crippen LogP contribution in [0.15, 0.2) is 0 Å². The molecule has 1 spiro atoms. The van der Waals surface area contributed by atoms with Crippen LogP contribution in [0.3, 0.4) is 0 Å². The van der Waals surface area contributed by atoms with Crippen molar-refractivity contribution in [2.24, 2.45) is 5.92 Å². The number of aliphatic hydroxyl groups excluding tert-OH is 1. The first kappa shape index (κ1) is 15.6.